The minimum Gasteiger partial charge on any atom is -0.356 e. The molecular weight excluding hydrogens is 386 g/mol. The molecule has 1 aliphatic rings. The van der Waals surface area contributed by atoms with E-state index < -0.39 is 0 Å². The SMILES string of the molecule is CC(C)CCNC(=O)C1CCN(c2nc3ccc(Br)cc3s2)CC1. The molecule has 130 valence electrons. The Hall–Kier alpha value is -1.14. The number of hydrogen-bond acceptors (Lipinski definition) is 4. The molecule has 1 aliphatic heterocycles. The number of piperidine rings is 1. The van der Waals surface area contributed by atoms with Gasteiger partial charge in [-0.2, -0.15) is 0 Å². The van der Waals surface area contributed by atoms with Crippen molar-refractivity contribution >= 4 is 48.5 Å². The fraction of sp³-hybridized carbons (Fsp3) is 0.556. The van der Waals surface area contributed by atoms with Crippen LogP contribution in [0, 0.1) is 11.8 Å². The van der Waals surface area contributed by atoms with E-state index in [1.807, 2.05) is 12.1 Å². The molecule has 24 heavy (non-hydrogen) atoms. The summed E-state index contributed by atoms with van der Waals surface area (Å²) in [4.78, 5) is 19.3. The van der Waals surface area contributed by atoms with Crippen molar-refractivity contribution in [3.8, 4) is 0 Å². The van der Waals surface area contributed by atoms with E-state index in [0.717, 1.165) is 54.0 Å². The molecule has 1 amide bonds. The molecule has 0 atom stereocenters. The lowest BCUT2D eigenvalue weighted by atomic mass is 9.96. The van der Waals surface area contributed by atoms with E-state index in [1.54, 1.807) is 11.3 Å². The third-order valence-corrected chi connectivity index (χ3v) is 6.07. The number of anilines is 1. The molecule has 0 aliphatic carbocycles. The topological polar surface area (TPSA) is 45.2 Å². The summed E-state index contributed by atoms with van der Waals surface area (Å²) in [5.74, 6) is 1.01. The summed E-state index contributed by atoms with van der Waals surface area (Å²) in [6, 6.07) is 6.19. The van der Waals surface area contributed by atoms with Gasteiger partial charge in [0.1, 0.15) is 0 Å². The number of rotatable bonds is 5. The summed E-state index contributed by atoms with van der Waals surface area (Å²) >= 11 is 5.24. The van der Waals surface area contributed by atoms with Gasteiger partial charge in [-0.25, -0.2) is 4.98 Å². The molecule has 2 heterocycles. The molecule has 0 bridgehead atoms. The van der Waals surface area contributed by atoms with Crippen molar-refractivity contribution in [2.45, 2.75) is 33.1 Å². The van der Waals surface area contributed by atoms with Crippen LogP contribution in [0.2, 0.25) is 0 Å². The van der Waals surface area contributed by atoms with Gasteiger partial charge in [-0.1, -0.05) is 41.1 Å². The Morgan fingerprint density at radius 3 is 2.88 bits per heavy atom. The normalized spacial score (nSPS) is 16.1. The number of nitrogens with one attached hydrogen (secondary N) is 1. The van der Waals surface area contributed by atoms with Gasteiger partial charge in [0.25, 0.3) is 0 Å². The first-order valence-electron chi connectivity index (χ1n) is 8.61. The van der Waals surface area contributed by atoms with Crippen molar-refractivity contribution in [1.82, 2.24) is 10.3 Å². The first kappa shape index (κ1) is 17.7. The van der Waals surface area contributed by atoms with Gasteiger partial charge in [0.15, 0.2) is 5.13 Å². The minimum atomic E-state index is 0.150. The molecule has 0 saturated carbocycles. The molecule has 0 spiro atoms. The van der Waals surface area contributed by atoms with E-state index in [1.165, 1.54) is 4.70 Å². The van der Waals surface area contributed by atoms with Crippen molar-refractivity contribution in [3.05, 3.63) is 22.7 Å². The van der Waals surface area contributed by atoms with Crippen LogP contribution < -0.4 is 10.2 Å². The number of nitrogens with zero attached hydrogens (tertiary/aromatic N) is 2. The van der Waals surface area contributed by atoms with Crippen LogP contribution in [0.4, 0.5) is 5.13 Å². The maximum Gasteiger partial charge on any atom is 0.223 e. The number of fused-ring (bicyclic) bond motifs is 1. The molecule has 1 fully saturated rings. The number of amides is 1. The van der Waals surface area contributed by atoms with E-state index in [0.29, 0.717) is 5.92 Å². The molecule has 0 radical (unpaired) electrons. The fourth-order valence-corrected chi connectivity index (χ4v) is 4.55. The van der Waals surface area contributed by atoms with Crippen molar-refractivity contribution in [3.63, 3.8) is 0 Å². The maximum atomic E-state index is 12.3. The fourth-order valence-electron chi connectivity index (χ4n) is 2.98. The molecule has 1 aromatic heterocycles. The molecule has 0 unspecified atom stereocenters. The Labute approximate surface area is 155 Å². The standard InChI is InChI=1S/C18H24BrN3OS/c1-12(2)5-8-20-17(23)13-6-9-22(10-7-13)18-21-15-4-3-14(19)11-16(15)24-18/h3-4,11-13H,5-10H2,1-2H3,(H,20,23). The number of carbonyl (C=O) groups excluding carboxylic acids is 1. The van der Waals surface area contributed by atoms with Crippen molar-refractivity contribution < 1.29 is 4.79 Å². The average molecular weight is 410 g/mol. The van der Waals surface area contributed by atoms with Crippen LogP contribution in [0.3, 0.4) is 0 Å². The summed E-state index contributed by atoms with van der Waals surface area (Å²) in [5, 5.41) is 4.16. The van der Waals surface area contributed by atoms with E-state index >= 15 is 0 Å². The van der Waals surface area contributed by atoms with Gasteiger partial charge in [0.05, 0.1) is 10.2 Å². The molecule has 1 N–H and O–H groups in total. The van der Waals surface area contributed by atoms with Crippen molar-refractivity contribution in [1.29, 1.82) is 0 Å². The van der Waals surface area contributed by atoms with Crippen LogP contribution in [0.1, 0.15) is 33.1 Å². The predicted molar refractivity (Wildman–Crippen MR) is 105 cm³/mol. The quantitative estimate of drug-likeness (QED) is 0.793. The number of carbonyl (C=O) groups is 1. The monoisotopic (exact) mass is 409 g/mol. The molecule has 4 nitrogen and oxygen atoms in total. The molecule has 6 heteroatoms. The summed E-state index contributed by atoms with van der Waals surface area (Å²) in [6.45, 7) is 6.97. The van der Waals surface area contributed by atoms with E-state index in [2.05, 4.69) is 46.1 Å². The predicted octanol–water partition coefficient (Wildman–Crippen LogP) is 4.44. The zero-order chi connectivity index (χ0) is 17.1. The first-order valence-corrected chi connectivity index (χ1v) is 10.2. The van der Waals surface area contributed by atoms with Crippen LogP contribution in [0.25, 0.3) is 10.2 Å². The van der Waals surface area contributed by atoms with Crippen molar-refractivity contribution in [2.75, 3.05) is 24.5 Å². The smallest absolute Gasteiger partial charge is 0.223 e. The van der Waals surface area contributed by atoms with Gasteiger partial charge in [-0.05, 0) is 43.4 Å². The highest BCUT2D eigenvalue weighted by Gasteiger charge is 2.26. The molecule has 2 aromatic rings. The van der Waals surface area contributed by atoms with Gasteiger partial charge < -0.3 is 10.2 Å². The second kappa shape index (κ2) is 7.83. The second-order valence-corrected chi connectivity index (χ2v) is 8.77. The Kier molecular flexibility index (Phi) is 5.76. The first-order chi connectivity index (χ1) is 11.5. The summed E-state index contributed by atoms with van der Waals surface area (Å²) in [7, 11) is 0. The maximum absolute atomic E-state index is 12.3. The average Bonchev–Trinajstić information content (AvgIpc) is 2.97. The van der Waals surface area contributed by atoms with Crippen LogP contribution in [0.5, 0.6) is 0 Å². The summed E-state index contributed by atoms with van der Waals surface area (Å²) in [5.41, 5.74) is 1.05. The second-order valence-electron chi connectivity index (χ2n) is 6.84. The number of aromatic nitrogens is 1. The summed E-state index contributed by atoms with van der Waals surface area (Å²) in [6.07, 6.45) is 2.87. The molecule has 3 rings (SSSR count). The Morgan fingerprint density at radius 2 is 2.17 bits per heavy atom. The minimum absolute atomic E-state index is 0.150. The van der Waals surface area contributed by atoms with Gasteiger partial charge in [-0.3, -0.25) is 4.79 Å². The highest BCUT2D eigenvalue weighted by Crippen LogP contribution is 2.32. The number of hydrogen-bond donors (Lipinski definition) is 1. The number of thiazole rings is 1. The molecule has 1 aromatic carbocycles. The van der Waals surface area contributed by atoms with E-state index in [4.69, 9.17) is 4.98 Å². The van der Waals surface area contributed by atoms with Crippen LogP contribution in [-0.4, -0.2) is 30.5 Å². The van der Waals surface area contributed by atoms with Gasteiger partial charge in [0.2, 0.25) is 5.91 Å². The molecular formula is C18H24BrN3OS. The highest BCUT2D eigenvalue weighted by molar-refractivity contribution is 9.10. The zero-order valence-electron chi connectivity index (χ0n) is 14.2. The molecule has 1 saturated heterocycles. The number of benzene rings is 1. The van der Waals surface area contributed by atoms with Crippen LogP contribution >= 0.6 is 27.3 Å². The Morgan fingerprint density at radius 1 is 1.42 bits per heavy atom. The third-order valence-electron chi connectivity index (χ3n) is 4.50. The highest BCUT2D eigenvalue weighted by atomic mass is 79.9. The Balaban J connectivity index is 1.55. The van der Waals surface area contributed by atoms with Gasteiger partial charge in [-0.15, -0.1) is 0 Å². The lowest BCUT2D eigenvalue weighted by molar-refractivity contribution is -0.125. The van der Waals surface area contributed by atoms with E-state index in [-0.39, 0.29) is 11.8 Å². The van der Waals surface area contributed by atoms with Crippen molar-refractivity contribution in [2.24, 2.45) is 11.8 Å². The van der Waals surface area contributed by atoms with Gasteiger partial charge >= 0.3 is 0 Å². The van der Waals surface area contributed by atoms with Crippen LogP contribution in [0.15, 0.2) is 22.7 Å². The van der Waals surface area contributed by atoms with Gasteiger partial charge in [0, 0.05) is 30.0 Å². The lowest BCUT2D eigenvalue weighted by Crippen LogP contribution is -2.40. The zero-order valence-corrected chi connectivity index (χ0v) is 16.6. The number of halogens is 1. The van der Waals surface area contributed by atoms with E-state index in [9.17, 15) is 4.79 Å². The van der Waals surface area contributed by atoms with Crippen LogP contribution in [-0.2, 0) is 4.79 Å². The lowest BCUT2D eigenvalue weighted by Gasteiger charge is -2.31. The summed E-state index contributed by atoms with van der Waals surface area (Å²) < 4.78 is 2.29. The Bertz CT molecular complexity index is 707. The third kappa shape index (κ3) is 4.28. The largest absolute Gasteiger partial charge is 0.356 e.